The van der Waals surface area contributed by atoms with Crippen molar-refractivity contribution < 1.29 is 9.53 Å². The van der Waals surface area contributed by atoms with Gasteiger partial charge in [-0.3, -0.25) is 4.79 Å². The molecule has 1 aliphatic heterocycles. The summed E-state index contributed by atoms with van der Waals surface area (Å²) < 4.78 is 5.13. The summed E-state index contributed by atoms with van der Waals surface area (Å²) in [6.45, 7) is 0. The summed E-state index contributed by atoms with van der Waals surface area (Å²) in [6, 6.07) is 24.1. The van der Waals surface area contributed by atoms with Gasteiger partial charge in [0.25, 0.3) is 0 Å². The summed E-state index contributed by atoms with van der Waals surface area (Å²) in [6.07, 6.45) is 0. The molecule has 0 saturated carbocycles. The maximum absolute atomic E-state index is 12.6. The van der Waals surface area contributed by atoms with E-state index < -0.39 is 5.92 Å². The van der Waals surface area contributed by atoms with E-state index in [1.54, 1.807) is 0 Å². The highest BCUT2D eigenvalue weighted by Gasteiger charge is 2.33. The Labute approximate surface area is 140 Å². The molecule has 0 fully saturated rings. The molecule has 118 valence electrons. The quantitative estimate of drug-likeness (QED) is 0.696. The van der Waals surface area contributed by atoms with Gasteiger partial charge in [0.2, 0.25) is 0 Å². The summed E-state index contributed by atoms with van der Waals surface area (Å²) in [5.41, 5.74) is 5.94. The van der Waals surface area contributed by atoms with Crippen molar-refractivity contribution in [3.8, 4) is 11.1 Å². The zero-order valence-electron chi connectivity index (χ0n) is 13.3. The first kappa shape index (κ1) is 14.5. The number of nitrogens with one attached hydrogen (secondary N) is 1. The van der Waals surface area contributed by atoms with Gasteiger partial charge in [-0.25, -0.2) is 0 Å². The molecule has 3 aromatic rings. The molecule has 0 amide bonds. The standard InChI is InChI=1S/C21H17NO2/c1-24-21(23)20-16-10-5-6-12-17(16)22-18-13-7-11-15(19(18)20)14-8-3-2-4-9-14/h2-13,20,22H,1H3. The second-order valence-electron chi connectivity index (χ2n) is 5.80. The number of hydrogen-bond acceptors (Lipinski definition) is 3. The van der Waals surface area contributed by atoms with E-state index in [-0.39, 0.29) is 5.97 Å². The Morgan fingerprint density at radius 2 is 1.58 bits per heavy atom. The molecule has 1 heterocycles. The van der Waals surface area contributed by atoms with Crippen LogP contribution in [0.15, 0.2) is 72.8 Å². The molecule has 0 bridgehead atoms. The number of anilines is 2. The summed E-state index contributed by atoms with van der Waals surface area (Å²) >= 11 is 0. The highest BCUT2D eigenvalue weighted by Crippen LogP contribution is 2.45. The van der Waals surface area contributed by atoms with E-state index in [1.807, 2.05) is 54.6 Å². The molecule has 1 unspecified atom stereocenters. The molecular weight excluding hydrogens is 298 g/mol. The fraction of sp³-hybridized carbons (Fsp3) is 0.0952. The number of methoxy groups -OCH3 is 1. The van der Waals surface area contributed by atoms with Gasteiger partial charge in [-0.2, -0.15) is 0 Å². The number of esters is 1. The van der Waals surface area contributed by atoms with Gasteiger partial charge in [-0.15, -0.1) is 0 Å². The molecule has 3 aromatic carbocycles. The van der Waals surface area contributed by atoms with Gasteiger partial charge in [-0.1, -0.05) is 60.7 Å². The highest BCUT2D eigenvalue weighted by molar-refractivity contribution is 5.94. The number of benzene rings is 3. The number of ether oxygens (including phenoxy) is 1. The number of fused-ring (bicyclic) bond motifs is 2. The van der Waals surface area contributed by atoms with E-state index in [1.165, 1.54) is 7.11 Å². The summed E-state index contributed by atoms with van der Waals surface area (Å²) in [4.78, 5) is 12.6. The lowest BCUT2D eigenvalue weighted by Crippen LogP contribution is -2.22. The Morgan fingerprint density at radius 3 is 2.38 bits per heavy atom. The van der Waals surface area contributed by atoms with Crippen LogP contribution >= 0.6 is 0 Å². The number of carbonyl (C=O) groups excluding carboxylic acids is 1. The molecule has 0 aliphatic carbocycles. The Morgan fingerprint density at radius 1 is 0.875 bits per heavy atom. The third-order valence-corrected chi connectivity index (χ3v) is 4.46. The first-order chi connectivity index (χ1) is 11.8. The van der Waals surface area contributed by atoms with Crippen molar-refractivity contribution in [3.05, 3.63) is 83.9 Å². The number of para-hydroxylation sites is 1. The van der Waals surface area contributed by atoms with Crippen molar-refractivity contribution in [1.29, 1.82) is 0 Å². The van der Waals surface area contributed by atoms with Crippen LogP contribution < -0.4 is 5.32 Å². The Bertz CT molecular complexity index is 903. The van der Waals surface area contributed by atoms with Crippen LogP contribution in [-0.2, 0) is 9.53 Å². The smallest absolute Gasteiger partial charge is 0.317 e. The molecule has 1 N–H and O–H groups in total. The Hall–Kier alpha value is -3.07. The van der Waals surface area contributed by atoms with E-state index in [2.05, 4.69) is 23.5 Å². The van der Waals surface area contributed by atoms with Crippen molar-refractivity contribution in [2.45, 2.75) is 5.92 Å². The number of rotatable bonds is 2. The van der Waals surface area contributed by atoms with Crippen molar-refractivity contribution in [2.24, 2.45) is 0 Å². The van der Waals surface area contributed by atoms with Crippen LogP contribution in [-0.4, -0.2) is 13.1 Å². The van der Waals surface area contributed by atoms with Gasteiger partial charge in [0.15, 0.2) is 0 Å². The normalized spacial score (nSPS) is 15.0. The van der Waals surface area contributed by atoms with Crippen LogP contribution in [0.25, 0.3) is 11.1 Å². The maximum atomic E-state index is 12.6. The van der Waals surface area contributed by atoms with Gasteiger partial charge >= 0.3 is 5.97 Å². The van der Waals surface area contributed by atoms with Gasteiger partial charge in [-0.05, 0) is 28.8 Å². The third kappa shape index (κ3) is 2.26. The highest BCUT2D eigenvalue weighted by atomic mass is 16.5. The zero-order valence-corrected chi connectivity index (χ0v) is 13.3. The second-order valence-corrected chi connectivity index (χ2v) is 5.80. The molecular formula is C21H17NO2. The van der Waals surface area contributed by atoms with Crippen LogP contribution in [0, 0.1) is 0 Å². The van der Waals surface area contributed by atoms with Crippen LogP contribution in [0.3, 0.4) is 0 Å². The fourth-order valence-electron chi connectivity index (χ4n) is 3.38. The first-order valence-electron chi connectivity index (χ1n) is 7.91. The van der Waals surface area contributed by atoms with Crippen LogP contribution in [0.5, 0.6) is 0 Å². The van der Waals surface area contributed by atoms with Crippen molar-refractivity contribution >= 4 is 17.3 Å². The lowest BCUT2D eigenvalue weighted by Gasteiger charge is -2.29. The largest absolute Gasteiger partial charge is 0.468 e. The molecule has 0 aromatic heterocycles. The van der Waals surface area contributed by atoms with E-state index in [9.17, 15) is 4.79 Å². The average Bonchev–Trinajstić information content (AvgIpc) is 2.65. The third-order valence-electron chi connectivity index (χ3n) is 4.46. The Kier molecular flexibility index (Phi) is 3.54. The minimum absolute atomic E-state index is 0.242. The number of hydrogen-bond donors (Lipinski definition) is 1. The zero-order chi connectivity index (χ0) is 16.5. The predicted octanol–water partition coefficient (Wildman–Crippen LogP) is 4.72. The summed E-state index contributed by atoms with van der Waals surface area (Å²) in [7, 11) is 1.44. The SMILES string of the molecule is COC(=O)C1c2ccccc2Nc2cccc(-c3ccccc3)c21. The van der Waals surface area contributed by atoms with Crippen LogP contribution in [0.1, 0.15) is 17.0 Å². The molecule has 24 heavy (non-hydrogen) atoms. The van der Waals surface area contributed by atoms with Crippen LogP contribution in [0.2, 0.25) is 0 Å². The minimum Gasteiger partial charge on any atom is -0.468 e. The lowest BCUT2D eigenvalue weighted by molar-refractivity contribution is -0.141. The fourth-order valence-corrected chi connectivity index (χ4v) is 3.38. The van der Waals surface area contributed by atoms with Crippen LogP contribution in [0.4, 0.5) is 11.4 Å². The predicted molar refractivity (Wildman–Crippen MR) is 95.5 cm³/mol. The molecule has 3 nitrogen and oxygen atoms in total. The molecule has 1 atom stereocenters. The van der Waals surface area contributed by atoms with Crippen molar-refractivity contribution in [3.63, 3.8) is 0 Å². The van der Waals surface area contributed by atoms with Gasteiger partial charge in [0.05, 0.1) is 7.11 Å². The van der Waals surface area contributed by atoms with Crippen molar-refractivity contribution in [1.82, 2.24) is 0 Å². The van der Waals surface area contributed by atoms with Gasteiger partial charge in [0, 0.05) is 16.9 Å². The number of carbonyl (C=O) groups is 1. The molecule has 1 aliphatic rings. The molecule has 4 rings (SSSR count). The van der Waals surface area contributed by atoms with E-state index in [0.717, 1.165) is 33.6 Å². The molecule has 0 spiro atoms. The van der Waals surface area contributed by atoms with Gasteiger partial charge in [0.1, 0.15) is 5.92 Å². The molecule has 3 heteroatoms. The second kappa shape index (κ2) is 5.85. The first-order valence-corrected chi connectivity index (χ1v) is 7.91. The molecule has 0 saturated heterocycles. The topological polar surface area (TPSA) is 38.3 Å². The lowest BCUT2D eigenvalue weighted by atomic mass is 9.81. The monoisotopic (exact) mass is 315 g/mol. The van der Waals surface area contributed by atoms with E-state index in [0.29, 0.717) is 0 Å². The minimum atomic E-state index is -0.432. The van der Waals surface area contributed by atoms with Crippen molar-refractivity contribution in [2.75, 3.05) is 12.4 Å². The summed E-state index contributed by atoms with van der Waals surface area (Å²) in [5.74, 6) is -0.674. The van der Waals surface area contributed by atoms with E-state index >= 15 is 0 Å². The average molecular weight is 315 g/mol. The van der Waals surface area contributed by atoms with Gasteiger partial charge < -0.3 is 10.1 Å². The molecule has 0 radical (unpaired) electrons. The summed E-state index contributed by atoms with van der Waals surface area (Å²) in [5, 5.41) is 3.45. The maximum Gasteiger partial charge on any atom is 0.317 e. The van der Waals surface area contributed by atoms with E-state index in [4.69, 9.17) is 4.74 Å². The Balaban J connectivity index is 1.98.